The Labute approximate surface area is 67.3 Å². The van der Waals surface area contributed by atoms with E-state index in [1.807, 2.05) is 0 Å². The van der Waals surface area contributed by atoms with E-state index in [9.17, 15) is 4.79 Å². The molecule has 0 bridgehead atoms. The van der Waals surface area contributed by atoms with Gasteiger partial charge in [-0.2, -0.15) is 0 Å². The molecule has 0 unspecified atom stereocenters. The van der Waals surface area contributed by atoms with Crippen molar-refractivity contribution in [1.29, 1.82) is 0 Å². The molecule has 0 spiro atoms. The Morgan fingerprint density at radius 3 is 2.33 bits per heavy atom. The van der Waals surface area contributed by atoms with Gasteiger partial charge in [0.15, 0.2) is 0 Å². The Bertz CT molecular complexity index is 107. The van der Waals surface area contributed by atoms with Crippen LogP contribution in [-0.2, 0) is 4.79 Å². The molecule has 0 radical (unpaired) electrons. The molecule has 0 saturated carbocycles. The van der Waals surface area contributed by atoms with Crippen LogP contribution < -0.4 is 9.26 Å². The number of aliphatic hydroxyl groups excluding tert-OH is 1. The van der Waals surface area contributed by atoms with E-state index < -0.39 is 18.1 Å². The first-order chi connectivity index (χ1) is 4.09. The number of rotatable bonds is 3. The van der Waals surface area contributed by atoms with Crippen molar-refractivity contribution in [3.05, 3.63) is 0 Å². The highest BCUT2D eigenvalue weighted by Crippen LogP contribution is 1.92. The summed E-state index contributed by atoms with van der Waals surface area (Å²) in [6, 6.07) is -0.648. The largest absolute Gasteiger partial charge is 0.391 e. The summed E-state index contributed by atoms with van der Waals surface area (Å²) in [7, 11) is 0. The van der Waals surface area contributed by atoms with Gasteiger partial charge in [0, 0.05) is 22.9 Å². The van der Waals surface area contributed by atoms with Gasteiger partial charge < -0.3 is 10.8 Å². The molecule has 4 nitrogen and oxygen atoms in total. The van der Waals surface area contributed by atoms with Gasteiger partial charge >= 0.3 is 0 Å². The Hall–Kier alpha value is 0.120. The fourth-order valence-corrected chi connectivity index (χ4v) is 1.21. The molecule has 0 aromatic rings. The monoisotopic (exact) mass is 244 g/mol. The minimum Gasteiger partial charge on any atom is -0.391 e. The van der Waals surface area contributed by atoms with E-state index in [1.54, 1.807) is 22.9 Å². The molecular weight excluding hydrogens is 235 g/mol. The summed E-state index contributed by atoms with van der Waals surface area (Å²) in [4.78, 5) is 10.4. The maximum atomic E-state index is 10.4. The van der Waals surface area contributed by atoms with Crippen LogP contribution in [0.2, 0.25) is 0 Å². The Morgan fingerprint density at radius 2 is 2.33 bits per heavy atom. The molecule has 0 fully saturated rings. The average Bonchev–Trinajstić information content (AvgIpc) is 1.64. The summed E-state index contributed by atoms with van der Waals surface area (Å²) in [5, 5.41) is 8.81. The first-order valence-corrected chi connectivity index (χ1v) is 3.51. The minimum absolute atomic E-state index is 0.542. The van der Waals surface area contributed by atoms with Gasteiger partial charge in [0.25, 0.3) is 0 Å². The molecule has 0 saturated heterocycles. The van der Waals surface area contributed by atoms with Gasteiger partial charge in [0.1, 0.15) is 6.04 Å². The van der Waals surface area contributed by atoms with Crippen LogP contribution in [0.4, 0.5) is 0 Å². The molecule has 0 aliphatic rings. The second kappa shape index (κ2) is 4.02. The number of halogens is 1. The van der Waals surface area contributed by atoms with E-state index in [1.165, 1.54) is 6.92 Å². The normalized spacial score (nSPS) is 16.8. The Balaban J connectivity index is 3.83. The summed E-state index contributed by atoms with van der Waals surface area (Å²) < 4.78 is 2.55. The molecule has 54 valence electrons. The second-order valence-electron chi connectivity index (χ2n) is 1.73. The molecule has 0 aromatic heterocycles. The average molecular weight is 244 g/mol. The van der Waals surface area contributed by atoms with Crippen LogP contribution in [0, 0.1) is 0 Å². The summed E-state index contributed by atoms with van der Waals surface area (Å²) in [5.74, 6) is -0.542. The van der Waals surface area contributed by atoms with Crippen molar-refractivity contribution >= 4 is 28.8 Å². The van der Waals surface area contributed by atoms with Crippen LogP contribution in [0.25, 0.3) is 0 Å². The molecule has 0 aliphatic heterocycles. The lowest BCUT2D eigenvalue weighted by atomic mass is 10.2. The molecule has 0 aromatic carbocycles. The van der Waals surface area contributed by atoms with Crippen LogP contribution in [0.3, 0.4) is 0 Å². The number of carbonyl (C=O) groups excluding carboxylic acids is 1. The van der Waals surface area contributed by atoms with E-state index in [4.69, 9.17) is 10.8 Å². The highest BCUT2D eigenvalue weighted by Gasteiger charge is 2.18. The number of hydrogen-bond donors (Lipinski definition) is 3. The quantitative estimate of drug-likeness (QED) is 0.447. The Morgan fingerprint density at radius 1 is 1.89 bits per heavy atom. The first kappa shape index (κ1) is 9.12. The highest BCUT2D eigenvalue weighted by molar-refractivity contribution is 14.1. The summed E-state index contributed by atoms with van der Waals surface area (Å²) in [5.41, 5.74) is 4.88. The fraction of sp³-hybridized carbons (Fsp3) is 0.750. The van der Waals surface area contributed by atoms with Crippen LogP contribution in [0.15, 0.2) is 0 Å². The first-order valence-electron chi connectivity index (χ1n) is 2.43. The van der Waals surface area contributed by atoms with Gasteiger partial charge in [-0.3, -0.25) is 4.79 Å². The number of nitrogens with one attached hydrogen (secondary N) is 1. The van der Waals surface area contributed by atoms with Crippen molar-refractivity contribution in [2.45, 2.75) is 19.1 Å². The molecule has 0 aliphatic carbocycles. The standard InChI is InChI=1S/C4H9IN2O2/c1-2(8)3(7-5)4(6)9/h2-3,7-8H,1H3,(H2,6,9)/t2-,3+/m1/s1. The number of nitrogens with two attached hydrogens (primary N) is 1. The van der Waals surface area contributed by atoms with E-state index in [-0.39, 0.29) is 0 Å². The lowest BCUT2D eigenvalue weighted by molar-refractivity contribution is -0.121. The topological polar surface area (TPSA) is 75.3 Å². The van der Waals surface area contributed by atoms with Crippen molar-refractivity contribution in [2.24, 2.45) is 5.73 Å². The van der Waals surface area contributed by atoms with Crippen LogP contribution in [-0.4, -0.2) is 23.2 Å². The smallest absolute Gasteiger partial charge is 0.237 e. The van der Waals surface area contributed by atoms with Gasteiger partial charge in [-0.25, -0.2) is 3.53 Å². The van der Waals surface area contributed by atoms with Crippen LogP contribution in [0.1, 0.15) is 6.92 Å². The number of aliphatic hydroxyl groups is 1. The third kappa shape index (κ3) is 2.97. The summed E-state index contributed by atoms with van der Waals surface area (Å²) in [6.07, 6.45) is -0.737. The molecule has 1 amide bonds. The number of primary amides is 1. The molecule has 0 heterocycles. The zero-order valence-electron chi connectivity index (χ0n) is 4.97. The molecule has 5 heteroatoms. The van der Waals surface area contributed by atoms with Crippen LogP contribution >= 0.6 is 22.9 Å². The lowest BCUT2D eigenvalue weighted by Gasteiger charge is -2.12. The van der Waals surface area contributed by atoms with Gasteiger partial charge in [0.05, 0.1) is 6.10 Å². The maximum absolute atomic E-state index is 10.4. The van der Waals surface area contributed by atoms with E-state index in [0.717, 1.165) is 0 Å². The Kier molecular flexibility index (Phi) is 4.07. The summed E-state index contributed by atoms with van der Waals surface area (Å²) >= 11 is 1.77. The molecule has 9 heavy (non-hydrogen) atoms. The third-order valence-electron chi connectivity index (χ3n) is 0.906. The van der Waals surface area contributed by atoms with E-state index in [2.05, 4.69) is 3.53 Å². The zero-order chi connectivity index (χ0) is 7.44. The predicted molar refractivity (Wildman–Crippen MR) is 41.8 cm³/mol. The molecule has 2 atom stereocenters. The van der Waals surface area contributed by atoms with Crippen LogP contribution in [0.5, 0.6) is 0 Å². The van der Waals surface area contributed by atoms with Gasteiger partial charge in [-0.05, 0) is 6.92 Å². The van der Waals surface area contributed by atoms with E-state index >= 15 is 0 Å². The lowest BCUT2D eigenvalue weighted by Crippen LogP contribution is -2.44. The SMILES string of the molecule is C[C@@H](O)[C@H](NI)C(N)=O. The third-order valence-corrected chi connectivity index (χ3v) is 1.58. The number of amides is 1. The number of carbonyl (C=O) groups is 1. The molecule has 0 rings (SSSR count). The molecule has 4 N–H and O–H groups in total. The number of hydrogen-bond acceptors (Lipinski definition) is 3. The molecular formula is C4H9IN2O2. The van der Waals surface area contributed by atoms with Crippen molar-refractivity contribution in [1.82, 2.24) is 3.53 Å². The second-order valence-corrected chi connectivity index (χ2v) is 2.35. The summed E-state index contributed by atoms with van der Waals surface area (Å²) in [6.45, 7) is 1.50. The minimum atomic E-state index is -0.737. The zero-order valence-corrected chi connectivity index (χ0v) is 7.12. The van der Waals surface area contributed by atoms with Crippen molar-refractivity contribution in [3.63, 3.8) is 0 Å². The van der Waals surface area contributed by atoms with Crippen molar-refractivity contribution < 1.29 is 9.90 Å². The van der Waals surface area contributed by atoms with Gasteiger partial charge in [-0.1, -0.05) is 0 Å². The predicted octanol–water partition coefficient (Wildman–Crippen LogP) is -0.839. The van der Waals surface area contributed by atoms with Gasteiger partial charge in [-0.15, -0.1) is 0 Å². The van der Waals surface area contributed by atoms with Gasteiger partial charge in [0.2, 0.25) is 5.91 Å². The van der Waals surface area contributed by atoms with Crippen molar-refractivity contribution in [2.75, 3.05) is 0 Å². The maximum Gasteiger partial charge on any atom is 0.237 e. The fourth-order valence-electron chi connectivity index (χ4n) is 0.383. The van der Waals surface area contributed by atoms with E-state index in [0.29, 0.717) is 0 Å². The van der Waals surface area contributed by atoms with Crippen molar-refractivity contribution in [3.8, 4) is 0 Å². The highest BCUT2D eigenvalue weighted by atomic mass is 127.